The zero-order valence-corrected chi connectivity index (χ0v) is 18.3. The average Bonchev–Trinajstić information content (AvgIpc) is 3.03. The smallest absolute Gasteiger partial charge is 0.292 e. The molecule has 1 saturated heterocycles. The molecule has 3 aromatic carbocycles. The van der Waals surface area contributed by atoms with Crippen molar-refractivity contribution < 1.29 is 19.0 Å². The lowest BCUT2D eigenvalue weighted by Gasteiger charge is -2.32. The molecule has 3 aromatic rings. The van der Waals surface area contributed by atoms with Crippen molar-refractivity contribution in [3.63, 3.8) is 0 Å². The molecule has 1 amide bonds. The zero-order valence-electron chi connectivity index (χ0n) is 16.8. The van der Waals surface area contributed by atoms with Gasteiger partial charge < -0.3 is 19.1 Å². The third-order valence-electron chi connectivity index (χ3n) is 5.64. The number of benzene rings is 3. The SMILES string of the molecule is O=C1N(CCCOc2cccc3ccccc23)c2c(Cl)ccc(Cl)c2C12OCCCO2. The van der Waals surface area contributed by atoms with Crippen LogP contribution in [0.5, 0.6) is 5.75 Å². The molecule has 0 saturated carbocycles. The van der Waals surface area contributed by atoms with Gasteiger partial charge in [-0.25, -0.2) is 0 Å². The second kappa shape index (κ2) is 8.32. The molecule has 2 heterocycles. The topological polar surface area (TPSA) is 48.0 Å². The molecule has 0 radical (unpaired) electrons. The van der Waals surface area contributed by atoms with Crippen LogP contribution in [0.15, 0.2) is 54.6 Å². The largest absolute Gasteiger partial charge is 0.493 e. The number of anilines is 1. The Balaban J connectivity index is 1.35. The maximum Gasteiger partial charge on any atom is 0.292 e. The van der Waals surface area contributed by atoms with Gasteiger partial charge in [0.25, 0.3) is 11.7 Å². The first-order valence-corrected chi connectivity index (χ1v) is 11.1. The predicted molar refractivity (Wildman–Crippen MR) is 121 cm³/mol. The molecule has 5 nitrogen and oxygen atoms in total. The highest BCUT2D eigenvalue weighted by atomic mass is 35.5. The number of rotatable bonds is 5. The Morgan fingerprint density at radius 2 is 1.71 bits per heavy atom. The van der Waals surface area contributed by atoms with E-state index in [0.717, 1.165) is 22.9 Å². The summed E-state index contributed by atoms with van der Waals surface area (Å²) in [5.41, 5.74) is 1.06. The standard InChI is InChI=1S/C24H21Cl2NO4/c25-18-10-11-19(26)22-21(18)24(30-14-5-15-31-24)23(28)27(22)12-4-13-29-20-9-3-7-16-6-1-2-8-17(16)20/h1-3,6-11H,4-5,12-15H2. The molecule has 0 unspecified atom stereocenters. The maximum absolute atomic E-state index is 13.4. The minimum absolute atomic E-state index is 0.289. The van der Waals surface area contributed by atoms with Crippen LogP contribution in [-0.2, 0) is 20.1 Å². The van der Waals surface area contributed by atoms with Crippen LogP contribution < -0.4 is 9.64 Å². The van der Waals surface area contributed by atoms with Crippen molar-refractivity contribution in [1.29, 1.82) is 0 Å². The van der Waals surface area contributed by atoms with Gasteiger partial charge in [0.1, 0.15) is 5.75 Å². The number of nitrogens with zero attached hydrogens (tertiary/aromatic N) is 1. The number of fused-ring (bicyclic) bond motifs is 3. The van der Waals surface area contributed by atoms with Crippen LogP contribution in [-0.4, -0.2) is 32.3 Å². The number of halogens is 2. The van der Waals surface area contributed by atoms with Crippen molar-refractivity contribution in [2.45, 2.75) is 18.6 Å². The fourth-order valence-corrected chi connectivity index (χ4v) is 4.78. The van der Waals surface area contributed by atoms with Gasteiger partial charge in [0.05, 0.1) is 41.1 Å². The normalized spacial score (nSPS) is 17.4. The van der Waals surface area contributed by atoms with E-state index in [4.69, 9.17) is 37.4 Å². The Hall–Kier alpha value is -2.31. The number of hydrogen-bond acceptors (Lipinski definition) is 4. The van der Waals surface area contributed by atoms with Crippen LogP contribution >= 0.6 is 23.2 Å². The summed E-state index contributed by atoms with van der Waals surface area (Å²) in [5.74, 6) is -0.975. The third-order valence-corrected chi connectivity index (χ3v) is 6.26. The quantitative estimate of drug-likeness (QED) is 0.471. The maximum atomic E-state index is 13.4. The predicted octanol–water partition coefficient (Wildman–Crippen LogP) is 5.55. The summed E-state index contributed by atoms with van der Waals surface area (Å²) in [6.07, 6.45) is 1.33. The number of hydrogen-bond donors (Lipinski definition) is 0. The first kappa shape index (κ1) is 20.6. The van der Waals surface area contributed by atoms with Gasteiger partial charge in [-0.1, -0.05) is 59.6 Å². The van der Waals surface area contributed by atoms with E-state index < -0.39 is 5.79 Å². The van der Waals surface area contributed by atoms with Crippen LogP contribution in [0.1, 0.15) is 18.4 Å². The van der Waals surface area contributed by atoms with E-state index in [1.165, 1.54) is 0 Å². The van der Waals surface area contributed by atoms with Gasteiger partial charge in [0.15, 0.2) is 0 Å². The highest BCUT2D eigenvalue weighted by Crippen LogP contribution is 2.51. The second-order valence-corrected chi connectivity index (χ2v) is 8.37. The van der Waals surface area contributed by atoms with Crippen LogP contribution in [0, 0.1) is 0 Å². The lowest BCUT2D eigenvalue weighted by atomic mass is 10.1. The summed E-state index contributed by atoms with van der Waals surface area (Å²) < 4.78 is 17.8. The van der Waals surface area contributed by atoms with Crippen molar-refractivity contribution in [2.75, 3.05) is 31.3 Å². The van der Waals surface area contributed by atoms with E-state index in [1.54, 1.807) is 17.0 Å². The van der Waals surface area contributed by atoms with E-state index in [1.807, 2.05) is 30.3 Å². The summed E-state index contributed by atoms with van der Waals surface area (Å²) in [5, 5.41) is 3.03. The Kier molecular flexibility index (Phi) is 5.52. The third kappa shape index (κ3) is 3.46. The second-order valence-electron chi connectivity index (χ2n) is 7.56. The summed E-state index contributed by atoms with van der Waals surface area (Å²) >= 11 is 13.0. The molecule has 1 fully saturated rings. The molecule has 0 aromatic heterocycles. The molecule has 2 aliphatic rings. The van der Waals surface area contributed by atoms with Gasteiger partial charge in [-0.15, -0.1) is 0 Å². The highest BCUT2D eigenvalue weighted by Gasteiger charge is 2.56. The summed E-state index contributed by atoms with van der Waals surface area (Å²) in [6, 6.07) is 17.4. The van der Waals surface area contributed by atoms with E-state index >= 15 is 0 Å². The van der Waals surface area contributed by atoms with Crippen molar-refractivity contribution in [2.24, 2.45) is 0 Å². The first-order chi connectivity index (χ1) is 15.1. The molecule has 0 N–H and O–H groups in total. The molecule has 2 aliphatic heterocycles. The molecular formula is C24H21Cl2NO4. The summed E-state index contributed by atoms with van der Waals surface area (Å²) in [6.45, 7) is 1.70. The van der Waals surface area contributed by atoms with Crippen molar-refractivity contribution in [3.05, 3.63) is 70.2 Å². The Labute approximate surface area is 190 Å². The fourth-order valence-electron chi connectivity index (χ4n) is 4.24. The molecule has 7 heteroatoms. The minimum Gasteiger partial charge on any atom is -0.493 e. The van der Waals surface area contributed by atoms with Gasteiger partial charge in [0.2, 0.25) is 0 Å². The molecule has 1 spiro atoms. The van der Waals surface area contributed by atoms with Gasteiger partial charge in [-0.05, 0) is 36.4 Å². The zero-order chi connectivity index (χ0) is 21.4. The minimum atomic E-state index is -1.51. The number of amides is 1. The summed E-state index contributed by atoms with van der Waals surface area (Å²) in [4.78, 5) is 15.0. The van der Waals surface area contributed by atoms with Crippen LogP contribution in [0.3, 0.4) is 0 Å². The van der Waals surface area contributed by atoms with E-state index in [2.05, 4.69) is 12.1 Å². The molecule has 160 valence electrons. The van der Waals surface area contributed by atoms with Gasteiger partial charge in [-0.2, -0.15) is 0 Å². The van der Waals surface area contributed by atoms with Gasteiger partial charge in [-0.3, -0.25) is 4.79 Å². The monoisotopic (exact) mass is 457 g/mol. The Bertz CT molecular complexity index is 1140. The van der Waals surface area contributed by atoms with E-state index in [0.29, 0.717) is 54.1 Å². The first-order valence-electron chi connectivity index (χ1n) is 10.3. The number of ether oxygens (including phenoxy) is 3. The molecule has 5 rings (SSSR count). The lowest BCUT2D eigenvalue weighted by molar-refractivity contribution is -0.256. The fraction of sp³-hybridized carbons (Fsp3) is 0.292. The van der Waals surface area contributed by atoms with Crippen LogP contribution in [0.2, 0.25) is 10.0 Å². The number of carbonyl (C=O) groups excluding carboxylic acids is 1. The number of carbonyl (C=O) groups is 1. The summed E-state index contributed by atoms with van der Waals surface area (Å²) in [7, 11) is 0. The Morgan fingerprint density at radius 3 is 2.55 bits per heavy atom. The van der Waals surface area contributed by atoms with Gasteiger partial charge >= 0.3 is 0 Å². The molecule has 0 aliphatic carbocycles. The van der Waals surface area contributed by atoms with Crippen molar-refractivity contribution in [3.8, 4) is 5.75 Å². The molecule has 31 heavy (non-hydrogen) atoms. The molecule has 0 atom stereocenters. The van der Waals surface area contributed by atoms with E-state index in [-0.39, 0.29) is 5.91 Å². The molecule has 0 bridgehead atoms. The van der Waals surface area contributed by atoms with Gasteiger partial charge in [0, 0.05) is 11.9 Å². The van der Waals surface area contributed by atoms with Crippen LogP contribution in [0.4, 0.5) is 5.69 Å². The Morgan fingerprint density at radius 1 is 0.968 bits per heavy atom. The molecular weight excluding hydrogens is 437 g/mol. The highest BCUT2D eigenvalue weighted by molar-refractivity contribution is 6.38. The lowest BCUT2D eigenvalue weighted by Crippen LogP contribution is -2.47. The average molecular weight is 458 g/mol. The van der Waals surface area contributed by atoms with E-state index in [9.17, 15) is 4.79 Å². The van der Waals surface area contributed by atoms with Crippen molar-refractivity contribution in [1.82, 2.24) is 0 Å². The van der Waals surface area contributed by atoms with Crippen LogP contribution in [0.25, 0.3) is 10.8 Å². The van der Waals surface area contributed by atoms with Crippen molar-refractivity contribution >= 4 is 45.6 Å².